The number of amides is 2. The molecule has 1 saturated heterocycles. The molecule has 0 radical (unpaired) electrons. The molecule has 2 amide bonds. The predicted molar refractivity (Wildman–Crippen MR) is 114 cm³/mol. The van der Waals surface area contributed by atoms with E-state index < -0.39 is 23.3 Å². The number of carboxylic acid groups (broad SMARTS) is 1. The van der Waals surface area contributed by atoms with Crippen molar-refractivity contribution in [2.45, 2.75) is 22.9 Å². The van der Waals surface area contributed by atoms with Gasteiger partial charge in [0.25, 0.3) is 5.91 Å². The van der Waals surface area contributed by atoms with Crippen molar-refractivity contribution in [2.24, 2.45) is 0 Å². The van der Waals surface area contributed by atoms with Crippen LogP contribution in [0, 0.1) is 5.21 Å². The van der Waals surface area contributed by atoms with Crippen molar-refractivity contribution in [3.8, 4) is 0 Å². The van der Waals surface area contributed by atoms with Gasteiger partial charge in [-0.15, -0.1) is 11.8 Å². The number of carboxylic acids is 1. The maximum atomic E-state index is 12.7. The standard InChI is InChI=1S/C20H18N4O5S2/c25-14(8-12-4-2-1-3-5-12)22-16-18(26)24-17(20(27)28)13(11-31-19(16)24)10-30-15-9-23(29)7-6-21-15/h1-7,9,16,19H,8,10-11H2,(H,22,25)(H,27,28)/t16?,19-/m0/s1. The Labute approximate surface area is 186 Å². The fourth-order valence-electron chi connectivity index (χ4n) is 3.39. The number of fused-ring (bicyclic) bond motifs is 1. The third-order valence-corrected chi connectivity index (χ3v) is 7.16. The number of carbonyl (C=O) groups excluding carboxylic acids is 2. The molecule has 2 aliphatic heterocycles. The molecule has 1 fully saturated rings. The fourth-order valence-corrected chi connectivity index (χ4v) is 5.74. The van der Waals surface area contributed by atoms with Crippen molar-refractivity contribution in [1.82, 2.24) is 15.2 Å². The van der Waals surface area contributed by atoms with E-state index in [1.54, 1.807) is 0 Å². The normalized spacial score (nSPS) is 20.1. The lowest BCUT2D eigenvalue weighted by atomic mass is 10.0. The molecule has 1 unspecified atom stereocenters. The number of benzene rings is 1. The van der Waals surface area contributed by atoms with Crippen molar-refractivity contribution in [3.05, 3.63) is 71.0 Å². The van der Waals surface area contributed by atoms with E-state index in [0.717, 1.165) is 5.56 Å². The SMILES string of the molecule is O=C(Cc1ccccc1)NC1C(=O)N2C(C(=O)O)=C(CSc3c[n+]([O-])ccn3)CS[C@@H]12. The predicted octanol–water partition coefficient (Wildman–Crippen LogP) is 0.788. The number of aliphatic carboxylic acids is 1. The van der Waals surface area contributed by atoms with Gasteiger partial charge in [0.05, 0.1) is 12.6 Å². The van der Waals surface area contributed by atoms with Crippen LogP contribution < -0.4 is 10.0 Å². The Morgan fingerprint density at radius 3 is 2.84 bits per heavy atom. The highest BCUT2D eigenvalue weighted by atomic mass is 32.2. The molecule has 3 heterocycles. The summed E-state index contributed by atoms with van der Waals surface area (Å²) in [6.45, 7) is 0. The van der Waals surface area contributed by atoms with Crippen LogP contribution in [0.5, 0.6) is 0 Å². The second-order valence-electron chi connectivity index (χ2n) is 6.92. The third-order valence-electron chi connectivity index (χ3n) is 4.82. The minimum absolute atomic E-state index is 0.0549. The van der Waals surface area contributed by atoms with Gasteiger partial charge in [0.2, 0.25) is 12.1 Å². The van der Waals surface area contributed by atoms with E-state index in [9.17, 15) is 24.7 Å². The average Bonchev–Trinajstić information content (AvgIpc) is 2.76. The molecule has 9 nitrogen and oxygen atoms in total. The Bertz CT molecular complexity index is 1060. The summed E-state index contributed by atoms with van der Waals surface area (Å²) in [5.41, 5.74) is 1.35. The van der Waals surface area contributed by atoms with E-state index >= 15 is 0 Å². The minimum atomic E-state index is -1.19. The molecule has 2 aliphatic rings. The zero-order valence-electron chi connectivity index (χ0n) is 16.1. The monoisotopic (exact) mass is 458 g/mol. The maximum absolute atomic E-state index is 12.7. The molecular weight excluding hydrogens is 440 g/mol. The molecule has 0 aliphatic carbocycles. The lowest BCUT2D eigenvalue weighted by molar-refractivity contribution is -0.608. The zero-order valence-corrected chi connectivity index (χ0v) is 17.8. The summed E-state index contributed by atoms with van der Waals surface area (Å²) in [6, 6.07) is 8.43. The summed E-state index contributed by atoms with van der Waals surface area (Å²) < 4.78 is 0.620. The van der Waals surface area contributed by atoms with Gasteiger partial charge in [-0.3, -0.25) is 14.5 Å². The summed E-state index contributed by atoms with van der Waals surface area (Å²) in [7, 11) is 0. The lowest BCUT2D eigenvalue weighted by Gasteiger charge is -2.49. The zero-order chi connectivity index (χ0) is 22.0. The first kappa shape index (κ1) is 21.2. The number of nitrogens with zero attached hydrogens (tertiary/aromatic N) is 3. The number of aromatic nitrogens is 2. The molecule has 31 heavy (non-hydrogen) atoms. The molecule has 160 valence electrons. The molecule has 4 rings (SSSR count). The largest absolute Gasteiger partial charge is 0.619 e. The van der Waals surface area contributed by atoms with Gasteiger partial charge in [-0.05, 0) is 11.1 Å². The minimum Gasteiger partial charge on any atom is -0.619 e. The Morgan fingerprint density at radius 2 is 2.13 bits per heavy atom. The van der Waals surface area contributed by atoms with Crippen LogP contribution >= 0.6 is 23.5 Å². The smallest absolute Gasteiger partial charge is 0.352 e. The summed E-state index contributed by atoms with van der Waals surface area (Å²) in [5, 5.41) is 23.8. The second kappa shape index (κ2) is 8.98. The highest BCUT2D eigenvalue weighted by molar-refractivity contribution is 8.01. The van der Waals surface area contributed by atoms with Gasteiger partial charge < -0.3 is 15.6 Å². The van der Waals surface area contributed by atoms with Crippen LogP contribution in [-0.4, -0.2) is 55.7 Å². The van der Waals surface area contributed by atoms with Gasteiger partial charge in [-0.25, -0.2) is 9.78 Å². The lowest BCUT2D eigenvalue weighted by Crippen LogP contribution is -2.70. The molecule has 0 saturated carbocycles. The topological polar surface area (TPSA) is 127 Å². The maximum Gasteiger partial charge on any atom is 0.352 e. The van der Waals surface area contributed by atoms with Crippen LogP contribution in [-0.2, 0) is 20.8 Å². The molecule has 1 aromatic carbocycles. The summed E-state index contributed by atoms with van der Waals surface area (Å²) in [5.74, 6) is -1.23. The van der Waals surface area contributed by atoms with Crippen molar-refractivity contribution < 1.29 is 24.2 Å². The Hall–Kier alpha value is -3.05. The van der Waals surface area contributed by atoms with Gasteiger partial charge in [0.15, 0.2) is 11.2 Å². The van der Waals surface area contributed by atoms with Gasteiger partial charge in [-0.1, -0.05) is 42.1 Å². The van der Waals surface area contributed by atoms with Crippen molar-refractivity contribution >= 4 is 41.3 Å². The van der Waals surface area contributed by atoms with Crippen molar-refractivity contribution in [1.29, 1.82) is 0 Å². The van der Waals surface area contributed by atoms with Crippen LogP contribution in [0.4, 0.5) is 0 Å². The van der Waals surface area contributed by atoms with Crippen LogP contribution in [0.15, 0.2) is 65.2 Å². The number of rotatable bonds is 7. The van der Waals surface area contributed by atoms with Gasteiger partial charge in [-0.2, -0.15) is 4.73 Å². The fraction of sp³-hybridized carbons (Fsp3) is 0.250. The Balaban J connectivity index is 1.44. The molecular formula is C20H18N4O5S2. The van der Waals surface area contributed by atoms with Crippen LogP contribution in [0.2, 0.25) is 0 Å². The summed E-state index contributed by atoms with van der Waals surface area (Å²) in [6.07, 6.45) is 4.08. The number of hydrogen-bond acceptors (Lipinski definition) is 7. The number of hydrogen-bond donors (Lipinski definition) is 2. The number of nitrogens with one attached hydrogen (secondary N) is 1. The summed E-state index contributed by atoms with van der Waals surface area (Å²) in [4.78, 5) is 42.3. The van der Waals surface area contributed by atoms with Gasteiger partial charge in [0, 0.05) is 11.5 Å². The van der Waals surface area contributed by atoms with E-state index in [-0.39, 0.29) is 23.8 Å². The van der Waals surface area contributed by atoms with Crippen LogP contribution in [0.3, 0.4) is 0 Å². The highest BCUT2D eigenvalue weighted by Crippen LogP contribution is 2.41. The van der Waals surface area contributed by atoms with E-state index in [2.05, 4.69) is 10.3 Å². The first-order valence-electron chi connectivity index (χ1n) is 9.35. The second-order valence-corrected chi connectivity index (χ2v) is 9.02. The van der Waals surface area contributed by atoms with Gasteiger partial charge >= 0.3 is 5.97 Å². The first-order chi connectivity index (χ1) is 14.9. The summed E-state index contributed by atoms with van der Waals surface area (Å²) >= 11 is 2.64. The highest BCUT2D eigenvalue weighted by Gasteiger charge is 2.54. The van der Waals surface area contributed by atoms with Crippen LogP contribution in [0.1, 0.15) is 5.56 Å². The molecule has 11 heteroatoms. The number of β-lactam (4-membered cyclic amide) rings is 1. The quantitative estimate of drug-likeness (QED) is 0.270. The molecule has 1 aromatic heterocycles. The third kappa shape index (κ3) is 4.52. The van der Waals surface area contributed by atoms with Crippen LogP contribution in [0.25, 0.3) is 0 Å². The number of thioether (sulfide) groups is 2. The van der Waals surface area contributed by atoms with E-state index in [1.807, 2.05) is 30.3 Å². The Kier molecular flexibility index (Phi) is 6.14. The molecule has 0 bridgehead atoms. The molecule has 2 aromatic rings. The van der Waals surface area contributed by atoms with Crippen molar-refractivity contribution in [3.63, 3.8) is 0 Å². The molecule has 0 spiro atoms. The molecule has 2 N–H and O–H groups in total. The average molecular weight is 459 g/mol. The van der Waals surface area contributed by atoms with E-state index in [1.165, 1.54) is 47.0 Å². The Morgan fingerprint density at radius 1 is 1.35 bits per heavy atom. The number of carbonyl (C=O) groups is 3. The molecule has 2 atom stereocenters. The first-order valence-corrected chi connectivity index (χ1v) is 11.4. The van der Waals surface area contributed by atoms with E-state index in [0.29, 0.717) is 21.1 Å². The van der Waals surface area contributed by atoms with Crippen molar-refractivity contribution in [2.75, 3.05) is 11.5 Å². The van der Waals surface area contributed by atoms with Gasteiger partial charge in [0.1, 0.15) is 17.1 Å². The van der Waals surface area contributed by atoms with E-state index in [4.69, 9.17) is 0 Å².